The topological polar surface area (TPSA) is 29.5 Å². The molecule has 0 bridgehead atoms. The first kappa shape index (κ1) is 19.1. The first-order valence-electron chi connectivity index (χ1n) is 8.09. The van der Waals surface area contributed by atoms with Crippen LogP contribution in [0.25, 0.3) is 0 Å². The van der Waals surface area contributed by atoms with Gasteiger partial charge in [-0.05, 0) is 49.8 Å². The molecule has 1 aromatic rings. The van der Waals surface area contributed by atoms with Crippen LogP contribution in [0.4, 0.5) is 13.2 Å². The average Bonchev–Trinajstić information content (AvgIpc) is 2.55. The van der Waals surface area contributed by atoms with Crippen LogP contribution in [-0.4, -0.2) is 30.0 Å². The molecule has 2 rings (SSSR count). The van der Waals surface area contributed by atoms with E-state index in [1.54, 1.807) is 6.07 Å². The molecule has 0 aliphatic carbocycles. The number of piperidine rings is 1. The minimum absolute atomic E-state index is 0.190. The molecule has 1 heterocycles. The number of rotatable bonds is 6. The van der Waals surface area contributed by atoms with E-state index in [9.17, 15) is 18.0 Å². The van der Waals surface area contributed by atoms with Crippen LogP contribution in [0.15, 0.2) is 29.2 Å². The Kier molecular flexibility index (Phi) is 6.98. The molecule has 1 aliphatic rings. The van der Waals surface area contributed by atoms with Crippen molar-refractivity contribution in [2.75, 3.05) is 13.7 Å². The van der Waals surface area contributed by atoms with Crippen molar-refractivity contribution in [3.8, 4) is 0 Å². The second-order valence-electron chi connectivity index (χ2n) is 5.84. The van der Waals surface area contributed by atoms with E-state index < -0.39 is 11.7 Å². The van der Waals surface area contributed by atoms with Gasteiger partial charge in [0.1, 0.15) is 0 Å². The van der Waals surface area contributed by atoms with E-state index >= 15 is 0 Å². The van der Waals surface area contributed by atoms with Crippen LogP contribution in [-0.2, 0) is 15.7 Å². The van der Waals surface area contributed by atoms with Crippen LogP contribution in [0.5, 0.6) is 0 Å². The van der Waals surface area contributed by atoms with Gasteiger partial charge in [-0.15, -0.1) is 0 Å². The first-order chi connectivity index (χ1) is 11.4. The molecule has 1 saturated heterocycles. The summed E-state index contributed by atoms with van der Waals surface area (Å²) in [6.45, 7) is 0.764. The van der Waals surface area contributed by atoms with Crippen LogP contribution in [0, 0.1) is 0 Å². The number of benzene rings is 1. The Morgan fingerprint density at radius 3 is 2.79 bits per heavy atom. The molecule has 0 spiro atoms. The van der Waals surface area contributed by atoms with Crippen LogP contribution in [0.1, 0.15) is 44.1 Å². The fraction of sp³-hybridized carbons (Fsp3) is 0.588. The number of nitrogens with zero attached hydrogens (tertiary/aromatic N) is 1. The van der Waals surface area contributed by atoms with Gasteiger partial charge in [0.25, 0.3) is 0 Å². The highest BCUT2D eigenvalue weighted by molar-refractivity contribution is 7.97. The molecule has 7 heteroatoms. The number of methoxy groups -OCH3 is 1. The fourth-order valence-corrected chi connectivity index (χ4v) is 4.13. The number of hydrogen-bond acceptors (Lipinski definition) is 4. The van der Waals surface area contributed by atoms with Gasteiger partial charge in [-0.1, -0.05) is 18.6 Å². The molecular weight excluding hydrogens is 339 g/mol. The summed E-state index contributed by atoms with van der Waals surface area (Å²) in [5.74, 6) is -0.243. The Hall–Kier alpha value is -1.21. The zero-order chi connectivity index (χ0) is 17.6. The molecule has 0 radical (unpaired) electrons. The van der Waals surface area contributed by atoms with Gasteiger partial charge < -0.3 is 4.74 Å². The van der Waals surface area contributed by atoms with Crippen molar-refractivity contribution in [3.63, 3.8) is 0 Å². The monoisotopic (exact) mass is 361 g/mol. The van der Waals surface area contributed by atoms with Crippen molar-refractivity contribution in [1.29, 1.82) is 0 Å². The summed E-state index contributed by atoms with van der Waals surface area (Å²) in [6.07, 6.45) is 0.480. The van der Waals surface area contributed by atoms with Crippen LogP contribution >= 0.6 is 11.9 Å². The highest BCUT2D eigenvalue weighted by Crippen LogP contribution is 2.40. The summed E-state index contributed by atoms with van der Waals surface area (Å²) in [5, 5.41) is 0. The Morgan fingerprint density at radius 1 is 1.33 bits per heavy atom. The Balaban J connectivity index is 2.02. The molecule has 1 unspecified atom stereocenters. The molecule has 24 heavy (non-hydrogen) atoms. The van der Waals surface area contributed by atoms with Crippen LogP contribution in [0.2, 0.25) is 0 Å². The Morgan fingerprint density at radius 2 is 2.08 bits per heavy atom. The van der Waals surface area contributed by atoms with E-state index in [1.807, 2.05) is 4.31 Å². The normalized spacial score (nSPS) is 19.2. The molecule has 0 saturated carbocycles. The van der Waals surface area contributed by atoms with Gasteiger partial charge in [0, 0.05) is 23.9 Å². The van der Waals surface area contributed by atoms with Gasteiger partial charge in [-0.3, -0.25) is 4.79 Å². The third-order valence-corrected chi connectivity index (χ3v) is 5.40. The maximum absolute atomic E-state index is 13.1. The lowest BCUT2D eigenvalue weighted by Crippen LogP contribution is -2.34. The molecular formula is C17H22F3NO2S. The minimum atomic E-state index is -4.35. The molecule has 134 valence electrons. The maximum atomic E-state index is 13.1. The predicted molar refractivity (Wildman–Crippen MR) is 87.5 cm³/mol. The molecule has 1 fully saturated rings. The summed E-state index contributed by atoms with van der Waals surface area (Å²) < 4.78 is 46.1. The van der Waals surface area contributed by atoms with Crippen LogP contribution in [0.3, 0.4) is 0 Å². The van der Waals surface area contributed by atoms with E-state index in [4.69, 9.17) is 0 Å². The number of carbonyl (C=O) groups is 1. The zero-order valence-corrected chi connectivity index (χ0v) is 14.5. The van der Waals surface area contributed by atoms with Crippen molar-refractivity contribution in [2.45, 2.75) is 55.6 Å². The Bertz CT molecular complexity index is 551. The summed E-state index contributed by atoms with van der Waals surface area (Å²) >= 11 is 1.19. The number of alkyl halides is 3. The predicted octanol–water partition coefficient (Wildman–Crippen LogP) is 4.91. The molecule has 0 aromatic heterocycles. The van der Waals surface area contributed by atoms with E-state index in [1.165, 1.54) is 31.2 Å². The second-order valence-corrected chi connectivity index (χ2v) is 6.94. The molecule has 1 atom stereocenters. The van der Waals surface area contributed by atoms with Crippen molar-refractivity contribution in [3.05, 3.63) is 29.8 Å². The molecule has 1 aromatic carbocycles. The van der Waals surface area contributed by atoms with Crippen molar-refractivity contribution in [1.82, 2.24) is 4.31 Å². The van der Waals surface area contributed by atoms with Crippen molar-refractivity contribution >= 4 is 17.9 Å². The van der Waals surface area contributed by atoms with Gasteiger partial charge in [0.05, 0.1) is 12.7 Å². The third kappa shape index (κ3) is 5.41. The largest absolute Gasteiger partial charge is 0.469 e. The number of ether oxygens (including phenoxy) is 1. The zero-order valence-electron chi connectivity index (χ0n) is 13.6. The Labute approximate surface area is 144 Å². The van der Waals surface area contributed by atoms with E-state index in [2.05, 4.69) is 4.74 Å². The van der Waals surface area contributed by atoms with Gasteiger partial charge >= 0.3 is 12.1 Å². The third-order valence-electron chi connectivity index (χ3n) is 4.13. The number of esters is 1. The van der Waals surface area contributed by atoms with Gasteiger partial charge in [0.15, 0.2) is 0 Å². The summed E-state index contributed by atoms with van der Waals surface area (Å²) in [6, 6.07) is 5.88. The lowest BCUT2D eigenvalue weighted by molar-refractivity contribution is -0.141. The first-order valence-corrected chi connectivity index (χ1v) is 8.87. The van der Waals surface area contributed by atoms with Gasteiger partial charge in [-0.2, -0.15) is 13.2 Å². The second kappa shape index (κ2) is 8.76. The maximum Gasteiger partial charge on any atom is 0.417 e. The van der Waals surface area contributed by atoms with Gasteiger partial charge in [-0.25, -0.2) is 4.31 Å². The molecule has 0 amide bonds. The van der Waals surface area contributed by atoms with E-state index in [0.29, 0.717) is 12.8 Å². The molecule has 0 N–H and O–H groups in total. The van der Waals surface area contributed by atoms with Crippen molar-refractivity contribution < 1.29 is 22.7 Å². The summed E-state index contributed by atoms with van der Waals surface area (Å²) in [5.41, 5.74) is -0.589. The average molecular weight is 361 g/mol. The smallest absolute Gasteiger partial charge is 0.417 e. The lowest BCUT2D eigenvalue weighted by atomic mass is 10.00. The highest BCUT2D eigenvalue weighted by atomic mass is 32.2. The number of carbonyl (C=O) groups excluding carboxylic acids is 1. The van der Waals surface area contributed by atoms with Crippen molar-refractivity contribution in [2.24, 2.45) is 0 Å². The molecule has 3 nitrogen and oxygen atoms in total. The number of hydrogen-bond donors (Lipinski definition) is 0. The minimum Gasteiger partial charge on any atom is -0.469 e. The van der Waals surface area contributed by atoms with E-state index in [0.717, 1.165) is 38.3 Å². The summed E-state index contributed by atoms with van der Waals surface area (Å²) in [7, 11) is 1.36. The quantitative estimate of drug-likeness (QED) is 0.532. The summed E-state index contributed by atoms with van der Waals surface area (Å²) in [4.78, 5) is 11.5. The highest BCUT2D eigenvalue weighted by Gasteiger charge is 2.34. The number of halogens is 3. The van der Waals surface area contributed by atoms with E-state index in [-0.39, 0.29) is 16.9 Å². The van der Waals surface area contributed by atoms with Crippen LogP contribution < -0.4 is 0 Å². The SMILES string of the molecule is COC(=O)CCCC1CCCCN1Sc1ccccc1C(F)(F)F. The fourth-order valence-electron chi connectivity index (χ4n) is 2.87. The van der Waals surface area contributed by atoms with Gasteiger partial charge in [0.2, 0.25) is 0 Å². The lowest BCUT2D eigenvalue weighted by Gasteiger charge is -2.35. The standard InChI is InChI=1S/C17H22F3NO2S/c1-23-16(22)11-6-8-13-7-4-5-12-21(13)24-15-10-3-2-9-14(15)17(18,19)20/h2-3,9-10,13H,4-8,11-12H2,1H3. The molecule has 1 aliphatic heterocycles.